The summed E-state index contributed by atoms with van der Waals surface area (Å²) < 4.78 is 11.3. The van der Waals surface area contributed by atoms with E-state index in [-0.39, 0.29) is 18.6 Å². The van der Waals surface area contributed by atoms with Gasteiger partial charge in [0.2, 0.25) is 11.6 Å². The van der Waals surface area contributed by atoms with E-state index in [1.54, 1.807) is 6.92 Å². The highest BCUT2D eigenvalue weighted by Crippen LogP contribution is 2.30. The first kappa shape index (κ1) is 17.0. The molecule has 0 radical (unpaired) electrons. The first-order chi connectivity index (χ1) is 12.0. The van der Waals surface area contributed by atoms with Crippen LogP contribution in [0.4, 0.5) is 0 Å². The van der Waals surface area contributed by atoms with Crippen LogP contribution in [0.15, 0.2) is 34.7 Å². The zero-order valence-corrected chi connectivity index (χ0v) is 14.8. The average molecular weight is 339 g/mol. The molecule has 130 valence electrons. The number of rotatable bonds is 5. The molecule has 0 fully saturated rings. The smallest absolute Gasteiger partial charge is 0.258 e. The summed E-state index contributed by atoms with van der Waals surface area (Å²) in [6.07, 6.45) is 0. The number of amides is 1. The van der Waals surface area contributed by atoms with Gasteiger partial charge in [0.05, 0.1) is 6.04 Å². The molecular formula is C19H21N3O3. The number of aromatic nitrogens is 2. The van der Waals surface area contributed by atoms with Crippen LogP contribution in [0.1, 0.15) is 35.7 Å². The number of furan rings is 1. The molecule has 0 aliphatic heterocycles. The van der Waals surface area contributed by atoms with Crippen molar-refractivity contribution in [1.82, 2.24) is 15.3 Å². The molecule has 0 aliphatic rings. The topological polar surface area (TPSA) is 77.2 Å². The maximum absolute atomic E-state index is 12.2. The molecule has 1 N–H and O–H groups in total. The van der Waals surface area contributed by atoms with E-state index >= 15 is 0 Å². The second kappa shape index (κ2) is 6.93. The van der Waals surface area contributed by atoms with Gasteiger partial charge in [-0.1, -0.05) is 30.3 Å². The number of fused-ring (bicyclic) bond motifs is 1. The van der Waals surface area contributed by atoms with Crippen molar-refractivity contribution in [3.05, 3.63) is 53.0 Å². The molecule has 2 heterocycles. The third-order valence-corrected chi connectivity index (χ3v) is 4.12. The molecule has 0 spiro atoms. The lowest BCUT2D eigenvalue weighted by Gasteiger charge is -2.14. The quantitative estimate of drug-likeness (QED) is 0.771. The van der Waals surface area contributed by atoms with E-state index in [1.165, 1.54) is 0 Å². The summed E-state index contributed by atoms with van der Waals surface area (Å²) in [7, 11) is 0. The number of carbonyl (C=O) groups is 1. The first-order valence-electron chi connectivity index (χ1n) is 8.17. The minimum atomic E-state index is -0.210. The molecule has 0 saturated carbocycles. The highest BCUT2D eigenvalue weighted by atomic mass is 16.5. The molecule has 1 atom stereocenters. The molecule has 1 aromatic carbocycles. The van der Waals surface area contributed by atoms with Crippen molar-refractivity contribution in [3.8, 4) is 5.88 Å². The van der Waals surface area contributed by atoms with E-state index in [9.17, 15) is 4.79 Å². The minimum Gasteiger partial charge on any atom is -0.467 e. The van der Waals surface area contributed by atoms with Gasteiger partial charge in [0.1, 0.15) is 17.0 Å². The van der Waals surface area contributed by atoms with Crippen molar-refractivity contribution >= 4 is 17.0 Å². The van der Waals surface area contributed by atoms with Crippen LogP contribution in [0.25, 0.3) is 11.1 Å². The van der Waals surface area contributed by atoms with Crippen molar-refractivity contribution in [3.63, 3.8) is 0 Å². The Morgan fingerprint density at radius 3 is 2.64 bits per heavy atom. The molecule has 6 heteroatoms. The Labute approximate surface area is 146 Å². The average Bonchev–Trinajstić information content (AvgIpc) is 2.87. The highest BCUT2D eigenvalue weighted by molar-refractivity contribution is 5.85. The number of nitrogens with zero attached hydrogens (tertiary/aromatic N) is 2. The highest BCUT2D eigenvalue weighted by Gasteiger charge is 2.17. The van der Waals surface area contributed by atoms with E-state index < -0.39 is 0 Å². The monoisotopic (exact) mass is 339 g/mol. The zero-order valence-electron chi connectivity index (χ0n) is 14.8. The van der Waals surface area contributed by atoms with E-state index in [1.807, 2.05) is 51.1 Å². The maximum atomic E-state index is 12.2. The third-order valence-electron chi connectivity index (χ3n) is 4.12. The molecular weight excluding hydrogens is 318 g/mol. The van der Waals surface area contributed by atoms with Crippen LogP contribution < -0.4 is 10.1 Å². The van der Waals surface area contributed by atoms with Gasteiger partial charge in [-0.2, -0.15) is 9.97 Å². The van der Waals surface area contributed by atoms with Crippen molar-refractivity contribution in [1.29, 1.82) is 0 Å². The van der Waals surface area contributed by atoms with Gasteiger partial charge >= 0.3 is 0 Å². The van der Waals surface area contributed by atoms with Gasteiger partial charge in [0, 0.05) is 5.56 Å². The number of hydrogen-bond acceptors (Lipinski definition) is 5. The van der Waals surface area contributed by atoms with Gasteiger partial charge in [-0.05, 0) is 33.3 Å². The normalized spacial score (nSPS) is 12.2. The first-order valence-corrected chi connectivity index (χ1v) is 8.17. The maximum Gasteiger partial charge on any atom is 0.258 e. The second-order valence-corrected chi connectivity index (χ2v) is 6.03. The lowest BCUT2D eigenvalue weighted by molar-refractivity contribution is -0.123. The fourth-order valence-corrected chi connectivity index (χ4v) is 2.66. The summed E-state index contributed by atoms with van der Waals surface area (Å²) in [5.41, 5.74) is 2.44. The van der Waals surface area contributed by atoms with Gasteiger partial charge in [0.15, 0.2) is 6.61 Å². The summed E-state index contributed by atoms with van der Waals surface area (Å²) in [5.74, 6) is 1.47. The van der Waals surface area contributed by atoms with Gasteiger partial charge in [-0.25, -0.2) is 0 Å². The summed E-state index contributed by atoms with van der Waals surface area (Å²) in [6.45, 7) is 7.36. The summed E-state index contributed by atoms with van der Waals surface area (Å²) in [5, 5.41) is 3.63. The van der Waals surface area contributed by atoms with Crippen molar-refractivity contribution < 1.29 is 13.9 Å². The summed E-state index contributed by atoms with van der Waals surface area (Å²) >= 11 is 0. The molecule has 3 rings (SSSR count). The van der Waals surface area contributed by atoms with Crippen LogP contribution in [0.5, 0.6) is 5.88 Å². The van der Waals surface area contributed by atoms with Gasteiger partial charge in [0.25, 0.3) is 5.91 Å². The Bertz CT molecular complexity index is 903. The predicted octanol–water partition coefficient (Wildman–Crippen LogP) is 3.40. The van der Waals surface area contributed by atoms with Crippen LogP contribution in [0.3, 0.4) is 0 Å². The summed E-state index contributed by atoms with van der Waals surface area (Å²) in [4.78, 5) is 20.8. The number of benzene rings is 1. The number of carbonyl (C=O) groups excluding carboxylic acids is 1. The molecule has 6 nitrogen and oxygen atoms in total. The Morgan fingerprint density at radius 1 is 1.20 bits per heavy atom. The zero-order chi connectivity index (χ0) is 18.0. The number of nitrogens with one attached hydrogen (secondary N) is 1. The number of ether oxygens (including phenoxy) is 1. The Morgan fingerprint density at radius 2 is 1.92 bits per heavy atom. The molecule has 3 aromatic rings. The number of aryl methyl sites for hydroxylation is 3. The van der Waals surface area contributed by atoms with E-state index in [2.05, 4.69) is 15.3 Å². The molecule has 0 bridgehead atoms. The predicted molar refractivity (Wildman–Crippen MR) is 94.5 cm³/mol. The molecule has 0 saturated heterocycles. The fraction of sp³-hybridized carbons (Fsp3) is 0.316. The van der Waals surface area contributed by atoms with E-state index in [0.29, 0.717) is 22.8 Å². The molecule has 25 heavy (non-hydrogen) atoms. The fourth-order valence-electron chi connectivity index (χ4n) is 2.66. The number of hydrogen-bond donors (Lipinski definition) is 1. The van der Waals surface area contributed by atoms with Crippen LogP contribution in [-0.2, 0) is 4.79 Å². The molecule has 0 unspecified atom stereocenters. The van der Waals surface area contributed by atoms with Gasteiger partial charge in [-0.3, -0.25) is 4.79 Å². The van der Waals surface area contributed by atoms with Crippen molar-refractivity contribution in [2.24, 2.45) is 0 Å². The Hall–Kier alpha value is -2.89. The minimum absolute atomic E-state index is 0.0950. The molecule has 0 aliphatic carbocycles. The largest absolute Gasteiger partial charge is 0.467 e. The SMILES string of the molecule is Cc1nc(OCC(=O)N[C@H](C)c2ccccc2)c2c(C)c(C)oc2n1. The standard InChI is InChI=1S/C19H21N3O3/c1-11-13(3)25-19-17(11)18(21-14(4)22-19)24-10-16(23)20-12(2)15-8-6-5-7-9-15/h5-9,12H,10H2,1-4H3,(H,20,23)/t12-/m1/s1. The van der Waals surface area contributed by atoms with Crippen LogP contribution in [-0.4, -0.2) is 22.5 Å². The van der Waals surface area contributed by atoms with Crippen LogP contribution in [0, 0.1) is 20.8 Å². The van der Waals surface area contributed by atoms with Crippen molar-refractivity contribution in [2.75, 3.05) is 6.61 Å². The van der Waals surface area contributed by atoms with Gasteiger partial charge in [-0.15, -0.1) is 0 Å². The summed E-state index contributed by atoms with van der Waals surface area (Å²) in [6, 6.07) is 9.68. The molecule has 1 amide bonds. The van der Waals surface area contributed by atoms with E-state index in [4.69, 9.17) is 9.15 Å². The Balaban J connectivity index is 1.71. The van der Waals surface area contributed by atoms with Crippen LogP contribution in [0.2, 0.25) is 0 Å². The Kier molecular flexibility index (Phi) is 4.70. The van der Waals surface area contributed by atoms with Crippen molar-refractivity contribution in [2.45, 2.75) is 33.7 Å². The third kappa shape index (κ3) is 3.63. The second-order valence-electron chi connectivity index (χ2n) is 6.03. The lowest BCUT2D eigenvalue weighted by atomic mass is 10.1. The molecule has 2 aromatic heterocycles. The van der Waals surface area contributed by atoms with Crippen LogP contribution >= 0.6 is 0 Å². The lowest BCUT2D eigenvalue weighted by Crippen LogP contribution is -2.31. The van der Waals surface area contributed by atoms with Gasteiger partial charge < -0.3 is 14.5 Å². The van der Waals surface area contributed by atoms with E-state index in [0.717, 1.165) is 16.9 Å².